The van der Waals surface area contributed by atoms with Gasteiger partial charge in [-0.2, -0.15) is 0 Å². The predicted molar refractivity (Wildman–Crippen MR) is 73.5 cm³/mol. The van der Waals surface area contributed by atoms with E-state index >= 15 is 0 Å². The quantitative estimate of drug-likeness (QED) is 0.607. The van der Waals surface area contributed by atoms with Crippen LogP contribution in [0.5, 0.6) is 11.5 Å². The van der Waals surface area contributed by atoms with Crippen LogP contribution in [0.15, 0.2) is 54.6 Å². The summed E-state index contributed by atoms with van der Waals surface area (Å²) in [6, 6.07) is 16.4. The fourth-order valence-electron chi connectivity index (χ4n) is 1.77. The van der Waals surface area contributed by atoms with Crippen molar-refractivity contribution in [3.8, 4) is 11.5 Å². The summed E-state index contributed by atoms with van der Waals surface area (Å²) in [5.74, 6) is 1.03. The second-order valence-electron chi connectivity index (χ2n) is 4.12. The van der Waals surface area contributed by atoms with Crippen molar-refractivity contribution >= 4 is 6.16 Å². The lowest BCUT2D eigenvalue weighted by Crippen LogP contribution is -2.14. The summed E-state index contributed by atoms with van der Waals surface area (Å²) in [6.45, 7) is 2.08. The number of carbonyl (C=O) groups is 1. The van der Waals surface area contributed by atoms with Crippen LogP contribution in [0.2, 0.25) is 0 Å². The van der Waals surface area contributed by atoms with Gasteiger partial charge < -0.3 is 9.47 Å². The van der Waals surface area contributed by atoms with E-state index in [0.29, 0.717) is 11.5 Å². The first kappa shape index (κ1) is 13.1. The summed E-state index contributed by atoms with van der Waals surface area (Å²) < 4.78 is 10.3. The zero-order valence-electron chi connectivity index (χ0n) is 10.8. The molecule has 0 amide bonds. The third-order valence-electron chi connectivity index (χ3n) is 2.63. The van der Waals surface area contributed by atoms with Crippen LogP contribution in [0.25, 0.3) is 0 Å². The molecule has 2 rings (SSSR count). The van der Waals surface area contributed by atoms with Crippen LogP contribution in [0.3, 0.4) is 0 Å². The Kier molecular flexibility index (Phi) is 4.56. The maximum atomic E-state index is 11.7. The summed E-state index contributed by atoms with van der Waals surface area (Å²) in [5, 5.41) is 0. The van der Waals surface area contributed by atoms with Gasteiger partial charge in [0.05, 0.1) is 0 Å². The first-order valence-electron chi connectivity index (χ1n) is 6.32. The zero-order chi connectivity index (χ0) is 13.5. The Balaban J connectivity index is 2.03. The Morgan fingerprint density at radius 2 is 1.63 bits per heavy atom. The van der Waals surface area contributed by atoms with E-state index in [1.165, 1.54) is 0 Å². The highest BCUT2D eigenvalue weighted by Gasteiger charge is 2.10. The van der Waals surface area contributed by atoms with Gasteiger partial charge in [-0.05, 0) is 30.2 Å². The van der Waals surface area contributed by atoms with Crippen LogP contribution in [-0.2, 0) is 6.42 Å². The molecular formula is C16H16O3. The average Bonchev–Trinajstić information content (AvgIpc) is 2.42. The van der Waals surface area contributed by atoms with Crippen molar-refractivity contribution in [1.29, 1.82) is 0 Å². The van der Waals surface area contributed by atoms with Crippen molar-refractivity contribution in [1.82, 2.24) is 0 Å². The van der Waals surface area contributed by atoms with Crippen LogP contribution in [0, 0.1) is 0 Å². The van der Waals surface area contributed by atoms with E-state index in [4.69, 9.17) is 9.47 Å². The number of carbonyl (C=O) groups excluding carboxylic acids is 1. The molecule has 0 atom stereocenters. The van der Waals surface area contributed by atoms with E-state index in [9.17, 15) is 4.79 Å². The minimum absolute atomic E-state index is 0.473. The number of rotatable bonds is 4. The number of hydrogen-bond donors (Lipinski definition) is 0. The molecule has 0 fully saturated rings. The molecule has 0 saturated heterocycles. The van der Waals surface area contributed by atoms with E-state index in [2.05, 4.69) is 6.92 Å². The van der Waals surface area contributed by atoms with Crippen LogP contribution in [-0.4, -0.2) is 6.16 Å². The molecule has 0 spiro atoms. The molecule has 0 aliphatic carbocycles. The fraction of sp³-hybridized carbons (Fsp3) is 0.188. The summed E-state index contributed by atoms with van der Waals surface area (Å²) >= 11 is 0. The Labute approximate surface area is 112 Å². The molecule has 98 valence electrons. The van der Waals surface area contributed by atoms with Crippen LogP contribution >= 0.6 is 0 Å². The van der Waals surface area contributed by atoms with Gasteiger partial charge in [0, 0.05) is 0 Å². The third-order valence-corrected chi connectivity index (χ3v) is 2.63. The molecule has 0 heterocycles. The largest absolute Gasteiger partial charge is 0.519 e. The van der Waals surface area contributed by atoms with Crippen LogP contribution < -0.4 is 9.47 Å². The molecule has 3 heteroatoms. The topological polar surface area (TPSA) is 35.5 Å². The highest BCUT2D eigenvalue weighted by molar-refractivity contribution is 5.67. The SMILES string of the molecule is CCCc1ccccc1OC(=O)Oc1ccccc1. The van der Waals surface area contributed by atoms with Crippen molar-refractivity contribution in [2.75, 3.05) is 0 Å². The van der Waals surface area contributed by atoms with E-state index in [0.717, 1.165) is 18.4 Å². The maximum Gasteiger partial charge on any atom is 0.519 e. The van der Waals surface area contributed by atoms with Crippen LogP contribution in [0.4, 0.5) is 4.79 Å². The molecule has 2 aromatic rings. The molecule has 19 heavy (non-hydrogen) atoms. The average molecular weight is 256 g/mol. The van der Waals surface area contributed by atoms with Crippen molar-refractivity contribution in [2.24, 2.45) is 0 Å². The standard InChI is InChI=1S/C16H16O3/c1-2-8-13-9-6-7-12-15(13)19-16(17)18-14-10-4-3-5-11-14/h3-7,9-12H,2,8H2,1H3. The number of benzene rings is 2. The summed E-state index contributed by atoms with van der Waals surface area (Å²) in [6.07, 6.45) is 1.15. The van der Waals surface area contributed by atoms with Gasteiger partial charge in [0.25, 0.3) is 0 Å². The van der Waals surface area contributed by atoms with E-state index in [1.807, 2.05) is 24.3 Å². The van der Waals surface area contributed by atoms with Gasteiger partial charge in [0.2, 0.25) is 0 Å². The van der Waals surface area contributed by atoms with Gasteiger partial charge in [0.1, 0.15) is 11.5 Å². The smallest absolute Gasteiger partial charge is 0.395 e. The number of hydrogen-bond acceptors (Lipinski definition) is 3. The number of ether oxygens (including phenoxy) is 2. The molecule has 0 aliphatic rings. The molecule has 0 radical (unpaired) electrons. The maximum absolute atomic E-state index is 11.7. The molecule has 0 aliphatic heterocycles. The molecule has 3 nitrogen and oxygen atoms in total. The molecule has 0 aromatic heterocycles. The Morgan fingerprint density at radius 3 is 2.37 bits per heavy atom. The van der Waals surface area contributed by atoms with Crippen molar-refractivity contribution < 1.29 is 14.3 Å². The third kappa shape index (κ3) is 3.85. The monoisotopic (exact) mass is 256 g/mol. The highest BCUT2D eigenvalue weighted by atomic mass is 16.7. The Bertz CT molecular complexity index is 535. The number of aryl methyl sites for hydroxylation is 1. The normalized spacial score (nSPS) is 9.95. The molecule has 0 N–H and O–H groups in total. The van der Waals surface area contributed by atoms with Gasteiger partial charge in [-0.1, -0.05) is 49.7 Å². The first-order valence-corrected chi connectivity index (χ1v) is 6.32. The zero-order valence-corrected chi connectivity index (χ0v) is 10.8. The minimum atomic E-state index is -0.713. The van der Waals surface area contributed by atoms with E-state index in [1.54, 1.807) is 30.3 Å². The number of para-hydroxylation sites is 2. The Hall–Kier alpha value is -2.29. The van der Waals surface area contributed by atoms with Gasteiger partial charge in [0.15, 0.2) is 0 Å². The summed E-state index contributed by atoms with van der Waals surface area (Å²) in [4.78, 5) is 11.7. The molecular weight excluding hydrogens is 240 g/mol. The highest BCUT2D eigenvalue weighted by Crippen LogP contribution is 2.20. The minimum Gasteiger partial charge on any atom is -0.395 e. The van der Waals surface area contributed by atoms with Crippen molar-refractivity contribution in [2.45, 2.75) is 19.8 Å². The molecule has 0 saturated carbocycles. The van der Waals surface area contributed by atoms with Gasteiger partial charge >= 0.3 is 6.16 Å². The second kappa shape index (κ2) is 6.59. The lowest BCUT2D eigenvalue weighted by molar-refractivity contribution is 0.151. The lowest BCUT2D eigenvalue weighted by atomic mass is 10.1. The van der Waals surface area contributed by atoms with E-state index < -0.39 is 6.16 Å². The second-order valence-corrected chi connectivity index (χ2v) is 4.12. The van der Waals surface area contributed by atoms with Gasteiger partial charge in [-0.3, -0.25) is 0 Å². The first-order chi connectivity index (χ1) is 9.29. The van der Waals surface area contributed by atoms with Gasteiger partial charge in [-0.25, -0.2) is 4.79 Å². The van der Waals surface area contributed by atoms with Gasteiger partial charge in [-0.15, -0.1) is 0 Å². The van der Waals surface area contributed by atoms with E-state index in [-0.39, 0.29) is 0 Å². The molecule has 0 unspecified atom stereocenters. The molecule has 2 aromatic carbocycles. The summed E-state index contributed by atoms with van der Waals surface area (Å²) in [5.41, 5.74) is 1.01. The predicted octanol–water partition coefficient (Wildman–Crippen LogP) is 4.22. The fourth-order valence-corrected chi connectivity index (χ4v) is 1.77. The lowest BCUT2D eigenvalue weighted by Gasteiger charge is -2.09. The Morgan fingerprint density at radius 1 is 0.947 bits per heavy atom. The molecule has 0 bridgehead atoms. The van der Waals surface area contributed by atoms with Crippen molar-refractivity contribution in [3.05, 3.63) is 60.2 Å². The summed E-state index contributed by atoms with van der Waals surface area (Å²) in [7, 11) is 0. The van der Waals surface area contributed by atoms with Crippen molar-refractivity contribution in [3.63, 3.8) is 0 Å². The van der Waals surface area contributed by atoms with Crippen LogP contribution in [0.1, 0.15) is 18.9 Å².